The molecule has 0 fully saturated rings. The minimum Gasteiger partial charge on any atom is -0.494 e. The monoisotopic (exact) mass is 349 g/mol. The Balaban J connectivity index is 0.00000180. The summed E-state index contributed by atoms with van der Waals surface area (Å²) in [6.07, 6.45) is 4.91. The molecule has 0 saturated carbocycles. The van der Waals surface area contributed by atoms with Crippen LogP contribution >= 0.6 is 11.6 Å². The second-order valence-electron chi connectivity index (χ2n) is 3.95. The number of hydrogen-bond donors (Lipinski definition) is 0. The van der Waals surface area contributed by atoms with Crippen LogP contribution in [0, 0.1) is 6.08 Å². The maximum atomic E-state index is 6.01. The molecule has 1 aliphatic heterocycles. The van der Waals surface area contributed by atoms with Gasteiger partial charge in [0.2, 0.25) is 0 Å². The van der Waals surface area contributed by atoms with Crippen molar-refractivity contribution in [2.24, 2.45) is 0 Å². The number of rotatable bonds is 3. The second-order valence-corrected chi connectivity index (χ2v) is 4.36. The summed E-state index contributed by atoms with van der Waals surface area (Å²) < 4.78 is 5.42. The van der Waals surface area contributed by atoms with Gasteiger partial charge in [-0.1, -0.05) is 17.8 Å². The Labute approximate surface area is 144 Å². The summed E-state index contributed by atoms with van der Waals surface area (Å²) >= 11 is 6.01. The SMILES string of the molecule is C=C1C(Cl)=C[C-]=C(c2ccc(OCC)cc2)N1C.[Y]. The Bertz CT molecular complexity index is 519. The smallest absolute Gasteiger partial charge is 0.117 e. The standard InChI is InChI=1S/C15H15ClNO.Y/c1-4-18-13-7-5-12(6-8-13)15-10-9-14(16)11(2)17(15)3;/h5-9H,2,4H2,1,3H3;/q-1;. The van der Waals surface area contributed by atoms with Crippen molar-refractivity contribution >= 4 is 17.3 Å². The second kappa shape index (κ2) is 7.28. The van der Waals surface area contributed by atoms with Crippen LogP contribution in [0.5, 0.6) is 5.75 Å². The fraction of sp³-hybridized carbons (Fsp3) is 0.200. The maximum absolute atomic E-state index is 6.01. The molecule has 0 atom stereocenters. The zero-order valence-electron chi connectivity index (χ0n) is 11.1. The van der Waals surface area contributed by atoms with Crippen molar-refractivity contribution in [3.05, 3.63) is 59.3 Å². The molecule has 1 heterocycles. The molecule has 19 heavy (non-hydrogen) atoms. The van der Waals surface area contributed by atoms with E-state index in [9.17, 15) is 0 Å². The molecular weight excluding hydrogens is 335 g/mol. The van der Waals surface area contributed by atoms with Gasteiger partial charge in [-0.15, -0.1) is 12.1 Å². The normalized spacial score (nSPS) is 14.5. The Morgan fingerprint density at radius 1 is 1.32 bits per heavy atom. The molecular formula is C15H15ClNOY-. The van der Waals surface area contributed by atoms with E-state index in [0.717, 1.165) is 22.7 Å². The molecule has 2 rings (SSSR count). The fourth-order valence-corrected chi connectivity index (χ4v) is 1.94. The Kier molecular flexibility index (Phi) is 6.32. The van der Waals surface area contributed by atoms with Gasteiger partial charge in [0.05, 0.1) is 6.61 Å². The van der Waals surface area contributed by atoms with Crippen molar-refractivity contribution in [1.29, 1.82) is 0 Å². The van der Waals surface area contributed by atoms with Crippen molar-refractivity contribution in [2.45, 2.75) is 6.92 Å². The third-order valence-corrected chi connectivity index (χ3v) is 3.12. The summed E-state index contributed by atoms with van der Waals surface area (Å²) in [5.74, 6) is 0.868. The van der Waals surface area contributed by atoms with Crippen LogP contribution in [0.4, 0.5) is 0 Å². The molecule has 1 aromatic carbocycles. The Morgan fingerprint density at radius 2 is 1.95 bits per heavy atom. The molecule has 0 aromatic heterocycles. The van der Waals surface area contributed by atoms with Gasteiger partial charge < -0.3 is 9.64 Å². The number of ether oxygens (including phenoxy) is 1. The predicted molar refractivity (Wildman–Crippen MR) is 75.1 cm³/mol. The summed E-state index contributed by atoms with van der Waals surface area (Å²) in [5, 5.41) is 0.618. The summed E-state index contributed by atoms with van der Waals surface area (Å²) in [4.78, 5) is 1.93. The molecule has 0 amide bonds. The van der Waals surface area contributed by atoms with Gasteiger partial charge in [0.15, 0.2) is 0 Å². The zero-order valence-corrected chi connectivity index (χ0v) is 14.7. The average Bonchev–Trinajstić information content (AvgIpc) is 2.38. The van der Waals surface area contributed by atoms with Crippen LogP contribution in [-0.2, 0) is 32.7 Å². The summed E-state index contributed by atoms with van der Waals surface area (Å²) in [6.45, 7) is 6.58. The zero-order chi connectivity index (χ0) is 13.1. The van der Waals surface area contributed by atoms with E-state index in [-0.39, 0.29) is 32.7 Å². The predicted octanol–water partition coefficient (Wildman–Crippen LogP) is 3.81. The van der Waals surface area contributed by atoms with E-state index in [1.165, 1.54) is 0 Å². The third kappa shape index (κ3) is 3.72. The number of likely N-dealkylation sites (N-methyl/N-ethyl adjacent to an activating group) is 1. The van der Waals surface area contributed by atoms with E-state index >= 15 is 0 Å². The largest absolute Gasteiger partial charge is 0.494 e. The molecule has 1 aromatic rings. The first-order valence-electron chi connectivity index (χ1n) is 5.79. The molecule has 0 unspecified atom stereocenters. The van der Waals surface area contributed by atoms with Crippen molar-refractivity contribution in [3.63, 3.8) is 0 Å². The Hall–Kier alpha value is -0.566. The van der Waals surface area contributed by atoms with Crippen LogP contribution in [0.25, 0.3) is 5.70 Å². The van der Waals surface area contributed by atoms with Crippen LogP contribution in [-0.4, -0.2) is 18.6 Å². The van der Waals surface area contributed by atoms with Crippen molar-refractivity contribution in [2.75, 3.05) is 13.7 Å². The first-order valence-corrected chi connectivity index (χ1v) is 6.16. The van der Waals surface area contributed by atoms with E-state index in [0.29, 0.717) is 11.6 Å². The molecule has 0 saturated heterocycles. The van der Waals surface area contributed by atoms with E-state index in [2.05, 4.69) is 12.7 Å². The summed E-state index contributed by atoms with van der Waals surface area (Å²) in [5.41, 5.74) is 2.79. The minimum absolute atomic E-state index is 0. The molecule has 0 spiro atoms. The van der Waals surface area contributed by atoms with Gasteiger partial charge >= 0.3 is 0 Å². The number of benzene rings is 1. The van der Waals surface area contributed by atoms with Crippen molar-refractivity contribution < 1.29 is 37.4 Å². The van der Waals surface area contributed by atoms with E-state index < -0.39 is 0 Å². The number of nitrogens with zero attached hydrogens (tertiary/aromatic N) is 1. The number of halogens is 1. The number of hydrogen-bond acceptors (Lipinski definition) is 2. The quantitative estimate of drug-likeness (QED) is 0.770. The first kappa shape index (κ1) is 16.5. The molecule has 0 N–H and O–H groups in total. The van der Waals surface area contributed by atoms with Gasteiger partial charge in [0.25, 0.3) is 0 Å². The molecule has 1 aliphatic rings. The average molecular weight is 350 g/mol. The van der Waals surface area contributed by atoms with E-state index in [4.69, 9.17) is 16.3 Å². The van der Waals surface area contributed by atoms with Crippen LogP contribution in [0.2, 0.25) is 0 Å². The molecule has 97 valence electrons. The summed E-state index contributed by atoms with van der Waals surface area (Å²) in [6, 6.07) is 7.91. The summed E-state index contributed by atoms with van der Waals surface area (Å²) in [7, 11) is 1.93. The van der Waals surface area contributed by atoms with Crippen LogP contribution in [0.1, 0.15) is 12.5 Å². The first-order chi connectivity index (χ1) is 8.63. The molecule has 4 heteroatoms. The van der Waals surface area contributed by atoms with Crippen LogP contribution in [0.3, 0.4) is 0 Å². The fourth-order valence-electron chi connectivity index (χ4n) is 1.76. The molecule has 2 nitrogen and oxygen atoms in total. The topological polar surface area (TPSA) is 12.5 Å². The van der Waals surface area contributed by atoms with E-state index in [1.54, 1.807) is 6.08 Å². The van der Waals surface area contributed by atoms with Crippen molar-refractivity contribution in [1.82, 2.24) is 4.90 Å². The van der Waals surface area contributed by atoms with Gasteiger partial charge in [-0.2, -0.15) is 23.8 Å². The molecule has 0 aliphatic carbocycles. The van der Waals surface area contributed by atoms with Crippen LogP contribution in [0.15, 0.2) is 47.6 Å². The van der Waals surface area contributed by atoms with Gasteiger partial charge in [0, 0.05) is 39.8 Å². The minimum atomic E-state index is 0. The third-order valence-electron chi connectivity index (χ3n) is 2.79. The van der Waals surface area contributed by atoms with Crippen molar-refractivity contribution in [3.8, 4) is 5.75 Å². The van der Waals surface area contributed by atoms with Gasteiger partial charge in [0.1, 0.15) is 5.75 Å². The van der Waals surface area contributed by atoms with Gasteiger partial charge in [-0.25, -0.2) is 0 Å². The molecule has 1 radical (unpaired) electrons. The van der Waals surface area contributed by atoms with Gasteiger partial charge in [-0.05, 0) is 29.8 Å². The molecule has 0 bridgehead atoms. The van der Waals surface area contributed by atoms with Gasteiger partial charge in [-0.3, -0.25) is 0 Å². The van der Waals surface area contributed by atoms with Crippen LogP contribution < -0.4 is 4.74 Å². The number of allylic oxidation sites excluding steroid dienone is 3. The van der Waals surface area contributed by atoms with E-state index in [1.807, 2.05) is 43.1 Å². The Morgan fingerprint density at radius 3 is 2.53 bits per heavy atom. The maximum Gasteiger partial charge on any atom is 0.117 e.